The Morgan fingerprint density at radius 3 is 0.955 bits per heavy atom. The van der Waals surface area contributed by atoms with E-state index in [4.69, 9.17) is 0 Å². The Morgan fingerprint density at radius 1 is 0.409 bits per heavy atom. The summed E-state index contributed by atoms with van der Waals surface area (Å²) < 4.78 is 0. The summed E-state index contributed by atoms with van der Waals surface area (Å²) in [5.41, 5.74) is 0. The van der Waals surface area contributed by atoms with Crippen molar-refractivity contribution in [2.75, 3.05) is 0 Å². The van der Waals surface area contributed by atoms with Crippen molar-refractivity contribution in [1.29, 1.82) is 0 Å². The van der Waals surface area contributed by atoms with E-state index in [-0.39, 0.29) is 14.1 Å². The Kier molecular flexibility index (Phi) is 20.1. The molecule has 0 atom stereocenters. The van der Waals surface area contributed by atoms with Crippen LogP contribution in [0.1, 0.15) is 116 Å². The van der Waals surface area contributed by atoms with Crippen molar-refractivity contribution in [1.82, 2.24) is 0 Å². The highest BCUT2D eigenvalue weighted by Gasteiger charge is 2.00. The number of hydrogen-bond donors (Lipinski definition) is 0. The van der Waals surface area contributed by atoms with Crippen molar-refractivity contribution in [3.63, 3.8) is 0 Å². The predicted molar refractivity (Wildman–Crippen MR) is 106 cm³/mol. The third kappa shape index (κ3) is 20.5. The summed E-state index contributed by atoms with van der Waals surface area (Å²) in [7, 11) is 0. The first-order valence-corrected chi connectivity index (χ1v) is 13.9. The molecule has 0 aromatic carbocycles. The second-order valence-corrected chi connectivity index (χ2v) is 11.2. The van der Waals surface area contributed by atoms with Gasteiger partial charge in [0.2, 0.25) is 0 Å². The van der Waals surface area contributed by atoms with E-state index in [9.17, 15) is 0 Å². The van der Waals surface area contributed by atoms with E-state index in [0.717, 1.165) is 0 Å². The molecular formula is C21H45Al. The number of unbranched alkanes of at least 4 members (excludes halogenated alkanes) is 16. The highest BCUT2D eigenvalue weighted by atomic mass is 27.2. The molecule has 0 amide bonds. The van der Waals surface area contributed by atoms with Crippen LogP contribution in [0.15, 0.2) is 0 Å². The van der Waals surface area contributed by atoms with Crippen LogP contribution < -0.4 is 0 Å². The van der Waals surface area contributed by atoms with Gasteiger partial charge in [0.25, 0.3) is 14.1 Å². The van der Waals surface area contributed by atoms with Crippen LogP contribution in [0.25, 0.3) is 0 Å². The molecule has 0 aromatic heterocycles. The molecule has 0 fully saturated rings. The first-order valence-electron chi connectivity index (χ1n) is 10.8. The van der Waals surface area contributed by atoms with Crippen LogP contribution in [0.4, 0.5) is 0 Å². The van der Waals surface area contributed by atoms with Crippen molar-refractivity contribution in [3.8, 4) is 0 Å². The Morgan fingerprint density at radius 2 is 0.682 bits per heavy atom. The molecule has 0 unspecified atom stereocenters. The molecule has 0 saturated carbocycles. The normalized spacial score (nSPS) is 11.0. The zero-order valence-electron chi connectivity index (χ0n) is 16.3. The Balaban J connectivity index is 2.94. The molecule has 0 N–H and O–H groups in total. The van der Waals surface area contributed by atoms with Crippen molar-refractivity contribution in [2.24, 2.45) is 0 Å². The quantitative estimate of drug-likeness (QED) is 0.175. The fraction of sp³-hybridized carbons (Fsp3) is 1.00. The molecule has 0 rings (SSSR count). The summed E-state index contributed by atoms with van der Waals surface area (Å²) in [5.74, 6) is 4.96. The maximum absolute atomic E-state index is 2.48. The van der Waals surface area contributed by atoms with Gasteiger partial charge in [0, 0.05) is 0 Å². The Bertz CT molecular complexity index is 188. The van der Waals surface area contributed by atoms with Crippen molar-refractivity contribution >= 4 is 14.1 Å². The zero-order valence-corrected chi connectivity index (χ0v) is 17.5. The van der Waals surface area contributed by atoms with E-state index < -0.39 is 0 Å². The van der Waals surface area contributed by atoms with E-state index >= 15 is 0 Å². The fourth-order valence-electron chi connectivity index (χ4n) is 3.28. The summed E-state index contributed by atoms with van der Waals surface area (Å²) in [5, 5.41) is 1.57. The SMILES string of the molecule is CCCCCCCCCCCCCCCCCC[CH2][Al]([CH3])[CH3]. The lowest BCUT2D eigenvalue weighted by atomic mass is 10.0. The summed E-state index contributed by atoms with van der Waals surface area (Å²) in [6.07, 6.45) is 25.2. The average Bonchev–Trinajstić information content (AvgIpc) is 2.50. The van der Waals surface area contributed by atoms with Gasteiger partial charge in [-0.1, -0.05) is 121 Å². The van der Waals surface area contributed by atoms with Crippen molar-refractivity contribution in [2.45, 2.75) is 133 Å². The lowest BCUT2D eigenvalue weighted by Crippen LogP contribution is -1.97. The van der Waals surface area contributed by atoms with Gasteiger partial charge in [-0.15, -0.1) is 11.6 Å². The molecule has 22 heavy (non-hydrogen) atoms. The summed E-state index contributed by atoms with van der Waals surface area (Å²) in [6, 6.07) is 0. The third-order valence-electron chi connectivity index (χ3n) is 4.89. The molecular weight excluding hydrogens is 279 g/mol. The average molecular weight is 325 g/mol. The zero-order chi connectivity index (χ0) is 16.3. The van der Waals surface area contributed by atoms with Gasteiger partial charge >= 0.3 is 0 Å². The summed E-state index contributed by atoms with van der Waals surface area (Å²) >= 11 is -0.265. The molecule has 0 aromatic rings. The summed E-state index contributed by atoms with van der Waals surface area (Å²) in [6.45, 7) is 2.30. The maximum atomic E-state index is 2.48. The molecule has 0 aliphatic carbocycles. The van der Waals surface area contributed by atoms with Gasteiger partial charge in [-0.2, -0.15) is 0 Å². The topological polar surface area (TPSA) is 0 Å². The molecule has 0 spiro atoms. The molecule has 0 heterocycles. The second kappa shape index (κ2) is 19.6. The van der Waals surface area contributed by atoms with Gasteiger partial charge in [0.05, 0.1) is 0 Å². The molecule has 0 aliphatic heterocycles. The molecule has 132 valence electrons. The Hall–Kier alpha value is 0.532. The van der Waals surface area contributed by atoms with Crippen LogP contribution in [-0.4, -0.2) is 14.1 Å². The van der Waals surface area contributed by atoms with Crippen molar-refractivity contribution < 1.29 is 0 Å². The number of rotatable bonds is 18. The minimum absolute atomic E-state index is 0.265. The van der Waals surface area contributed by atoms with Gasteiger partial charge < -0.3 is 0 Å². The highest BCUT2D eigenvalue weighted by Crippen LogP contribution is 2.14. The van der Waals surface area contributed by atoms with E-state index in [1.54, 1.807) is 5.28 Å². The van der Waals surface area contributed by atoms with Crippen molar-refractivity contribution in [3.05, 3.63) is 0 Å². The molecule has 0 aliphatic rings. The van der Waals surface area contributed by atoms with Crippen LogP contribution >= 0.6 is 0 Å². The lowest BCUT2D eigenvalue weighted by molar-refractivity contribution is 0.528. The van der Waals surface area contributed by atoms with Crippen LogP contribution in [0.2, 0.25) is 16.9 Å². The van der Waals surface area contributed by atoms with Gasteiger partial charge in [-0.25, -0.2) is 0 Å². The molecule has 1 heteroatoms. The van der Waals surface area contributed by atoms with Crippen LogP contribution in [0, 0.1) is 0 Å². The van der Waals surface area contributed by atoms with E-state index in [1.165, 1.54) is 109 Å². The highest BCUT2D eigenvalue weighted by molar-refractivity contribution is 6.55. The minimum Gasteiger partial charge on any atom is -0.106 e. The van der Waals surface area contributed by atoms with Gasteiger partial charge in [0.1, 0.15) is 0 Å². The van der Waals surface area contributed by atoms with Gasteiger partial charge in [-0.3, -0.25) is 0 Å². The number of hydrogen-bond acceptors (Lipinski definition) is 0. The molecule has 0 saturated heterocycles. The predicted octanol–water partition coefficient (Wildman–Crippen LogP) is 8.39. The summed E-state index contributed by atoms with van der Waals surface area (Å²) in [4.78, 5) is 0. The first kappa shape index (κ1) is 22.5. The second-order valence-electron chi connectivity index (χ2n) is 7.84. The fourth-order valence-corrected chi connectivity index (χ4v) is 4.38. The molecule has 0 radical (unpaired) electrons. The Labute approximate surface area is 147 Å². The molecule has 0 bridgehead atoms. The van der Waals surface area contributed by atoms with Gasteiger partial charge in [-0.05, 0) is 0 Å². The largest absolute Gasteiger partial charge is 0.255 e. The standard InChI is InChI=1S/C19H39.2CH3.Al/c1-3-5-7-9-11-13-15-17-19-18-16-14-12-10-8-6-4-2;;;/h1,3-19H2,2H3;2*1H3;. The molecule has 0 nitrogen and oxygen atoms in total. The van der Waals surface area contributed by atoms with Crippen LogP contribution in [0.3, 0.4) is 0 Å². The smallest absolute Gasteiger partial charge is 0.106 e. The third-order valence-corrected chi connectivity index (χ3v) is 6.45. The lowest BCUT2D eigenvalue weighted by Gasteiger charge is -2.04. The minimum atomic E-state index is -0.265. The van der Waals surface area contributed by atoms with E-state index in [2.05, 4.69) is 18.5 Å². The van der Waals surface area contributed by atoms with E-state index in [1.807, 2.05) is 0 Å². The van der Waals surface area contributed by atoms with Crippen LogP contribution in [0.5, 0.6) is 0 Å². The monoisotopic (exact) mass is 324 g/mol. The maximum Gasteiger partial charge on any atom is 0.255 e. The van der Waals surface area contributed by atoms with Crippen LogP contribution in [-0.2, 0) is 0 Å². The van der Waals surface area contributed by atoms with E-state index in [0.29, 0.717) is 0 Å². The van der Waals surface area contributed by atoms with Gasteiger partial charge in [0.15, 0.2) is 0 Å². The first-order chi connectivity index (χ1) is 10.8.